The number of hydrogen-bond acceptors (Lipinski definition) is 12. The summed E-state index contributed by atoms with van der Waals surface area (Å²) in [6, 6.07) is 16.3. The monoisotopic (exact) mass is 792 g/mol. The molecular formula is C46H56N4O8. The third-order valence-electron chi connectivity index (χ3n) is 9.69. The van der Waals surface area contributed by atoms with Gasteiger partial charge in [-0.25, -0.2) is 29.5 Å². The van der Waals surface area contributed by atoms with Crippen LogP contribution in [0.25, 0.3) is 22.8 Å². The molecule has 0 N–H and O–H groups in total. The highest BCUT2D eigenvalue weighted by atomic mass is 16.5. The number of hydrogen-bond donors (Lipinski definition) is 0. The normalized spacial score (nSPS) is 15.0. The molecule has 1 fully saturated rings. The van der Waals surface area contributed by atoms with Crippen LogP contribution in [0.15, 0.2) is 98.6 Å². The molecule has 1 saturated carbocycles. The van der Waals surface area contributed by atoms with Gasteiger partial charge in [0.15, 0.2) is 23.1 Å². The van der Waals surface area contributed by atoms with E-state index in [2.05, 4.69) is 57.4 Å². The first-order chi connectivity index (χ1) is 28.5. The minimum Gasteiger partial charge on any atom is -0.490 e. The second-order valence-electron chi connectivity index (χ2n) is 14.1. The Morgan fingerprint density at radius 1 is 0.534 bits per heavy atom. The number of carbonyl (C=O) groups is 2. The van der Waals surface area contributed by atoms with Crippen LogP contribution in [-0.4, -0.2) is 70.5 Å². The predicted octanol–water partition coefficient (Wildman–Crippen LogP) is 8.98. The highest BCUT2D eigenvalue weighted by molar-refractivity contribution is 5.81. The van der Waals surface area contributed by atoms with E-state index in [9.17, 15) is 9.59 Å². The fraction of sp³-hybridized carbons (Fsp3) is 0.435. The van der Waals surface area contributed by atoms with E-state index in [-0.39, 0.29) is 24.1 Å². The number of aromatic nitrogens is 4. The molecule has 0 amide bonds. The van der Waals surface area contributed by atoms with E-state index < -0.39 is 0 Å². The molecule has 58 heavy (non-hydrogen) atoms. The van der Waals surface area contributed by atoms with Crippen molar-refractivity contribution >= 4 is 11.9 Å². The van der Waals surface area contributed by atoms with Crippen molar-refractivity contribution in [3.63, 3.8) is 0 Å². The van der Waals surface area contributed by atoms with Gasteiger partial charge in [0.2, 0.25) is 0 Å². The van der Waals surface area contributed by atoms with E-state index in [4.69, 9.17) is 28.4 Å². The van der Waals surface area contributed by atoms with Gasteiger partial charge in [-0.3, -0.25) is 0 Å². The van der Waals surface area contributed by atoms with Gasteiger partial charge < -0.3 is 28.4 Å². The summed E-state index contributed by atoms with van der Waals surface area (Å²) in [6.45, 7) is 9.79. The van der Waals surface area contributed by atoms with E-state index in [0.717, 1.165) is 99.3 Å². The lowest BCUT2D eigenvalue weighted by molar-refractivity contribution is -0.138. The maximum atomic E-state index is 11.1. The van der Waals surface area contributed by atoms with Crippen LogP contribution in [0.2, 0.25) is 0 Å². The molecule has 5 rings (SSSR count). The molecule has 0 saturated heterocycles. The van der Waals surface area contributed by atoms with Gasteiger partial charge in [-0.15, -0.1) is 0 Å². The zero-order valence-corrected chi connectivity index (χ0v) is 33.4. The van der Waals surface area contributed by atoms with Crippen molar-refractivity contribution in [3.05, 3.63) is 110 Å². The van der Waals surface area contributed by atoms with Gasteiger partial charge in [0, 0.05) is 23.3 Å². The van der Waals surface area contributed by atoms with Gasteiger partial charge in [-0.05, 0) is 75.3 Å². The van der Waals surface area contributed by atoms with E-state index in [1.807, 2.05) is 24.3 Å². The molecule has 0 spiro atoms. The summed E-state index contributed by atoms with van der Waals surface area (Å²) in [6.07, 6.45) is 20.8. The summed E-state index contributed by atoms with van der Waals surface area (Å²) in [5.41, 5.74) is 4.02. The SMILES string of the molecule is C=CC(=O)OCCCCCCOc1cnc(-c2ccc(CO[C@@H]3CCCC[C@H]3OCc3ccc(-c4ncc(OCCCCCCOC(=O)C=C)cn4)cc3)cc2)nc1. The average molecular weight is 793 g/mol. The maximum Gasteiger partial charge on any atom is 0.330 e. The molecule has 2 aromatic carbocycles. The van der Waals surface area contributed by atoms with Crippen molar-refractivity contribution in [1.82, 2.24) is 19.9 Å². The van der Waals surface area contributed by atoms with Crippen LogP contribution in [-0.2, 0) is 41.8 Å². The van der Waals surface area contributed by atoms with Crippen LogP contribution in [0.4, 0.5) is 0 Å². The molecule has 4 aromatic rings. The Kier molecular flexibility index (Phi) is 18.8. The van der Waals surface area contributed by atoms with Gasteiger partial charge in [0.05, 0.1) is 76.6 Å². The zero-order chi connectivity index (χ0) is 40.6. The third kappa shape index (κ3) is 15.5. The summed E-state index contributed by atoms with van der Waals surface area (Å²) < 4.78 is 34.4. The van der Waals surface area contributed by atoms with Gasteiger partial charge >= 0.3 is 11.9 Å². The standard InChI is InChI=1S/C46H56N4O8/c1-3-43(51)55-27-13-7-5-11-25-53-39-29-47-45(48-30-39)37-21-17-35(18-22-37)33-57-41-15-9-10-16-42(41)58-34-36-19-23-38(24-20-36)46-49-31-40(32-50-46)54-26-12-6-8-14-28-56-44(52)4-2/h3-4,17-24,29-32,41-42H,1-2,5-16,25-28,33-34H2/t41-,42-/m1/s1. The first-order valence-electron chi connectivity index (χ1n) is 20.4. The Morgan fingerprint density at radius 2 is 0.897 bits per heavy atom. The molecule has 12 heteroatoms. The minimum atomic E-state index is -0.380. The van der Waals surface area contributed by atoms with Gasteiger partial charge in [0.1, 0.15) is 0 Å². The predicted molar refractivity (Wildman–Crippen MR) is 221 cm³/mol. The molecule has 308 valence electrons. The van der Waals surface area contributed by atoms with Crippen LogP contribution in [0.5, 0.6) is 11.5 Å². The molecule has 2 heterocycles. The number of esters is 2. The molecule has 1 aliphatic rings. The van der Waals surface area contributed by atoms with E-state index >= 15 is 0 Å². The molecule has 2 aromatic heterocycles. The summed E-state index contributed by atoms with van der Waals surface area (Å²) in [5.74, 6) is 1.80. The molecular weight excluding hydrogens is 737 g/mol. The second kappa shape index (κ2) is 25.0. The zero-order valence-electron chi connectivity index (χ0n) is 33.4. The number of carbonyl (C=O) groups excluding carboxylic acids is 2. The van der Waals surface area contributed by atoms with Crippen LogP contribution in [0, 0.1) is 0 Å². The van der Waals surface area contributed by atoms with Crippen molar-refractivity contribution in [2.45, 2.75) is 102 Å². The van der Waals surface area contributed by atoms with Crippen LogP contribution < -0.4 is 9.47 Å². The van der Waals surface area contributed by atoms with E-state index in [1.165, 1.54) is 12.2 Å². The fourth-order valence-electron chi connectivity index (χ4n) is 6.39. The number of ether oxygens (including phenoxy) is 6. The van der Waals surface area contributed by atoms with Crippen LogP contribution in [0.3, 0.4) is 0 Å². The average Bonchev–Trinajstić information content (AvgIpc) is 3.27. The first-order valence-corrected chi connectivity index (χ1v) is 20.4. The van der Waals surface area contributed by atoms with Crippen molar-refractivity contribution in [1.29, 1.82) is 0 Å². The van der Waals surface area contributed by atoms with Crippen molar-refractivity contribution in [2.75, 3.05) is 26.4 Å². The largest absolute Gasteiger partial charge is 0.490 e. The highest BCUT2D eigenvalue weighted by Gasteiger charge is 2.26. The molecule has 0 bridgehead atoms. The van der Waals surface area contributed by atoms with Crippen molar-refractivity contribution in [2.24, 2.45) is 0 Å². The topological polar surface area (TPSA) is 141 Å². The Labute approximate surface area is 342 Å². The fourth-order valence-corrected chi connectivity index (χ4v) is 6.39. The van der Waals surface area contributed by atoms with Crippen LogP contribution >= 0.6 is 0 Å². The number of benzene rings is 2. The molecule has 0 unspecified atom stereocenters. The lowest BCUT2D eigenvalue weighted by atomic mass is 9.94. The minimum absolute atomic E-state index is 0.0358. The molecule has 1 aliphatic carbocycles. The Bertz CT molecular complexity index is 1680. The van der Waals surface area contributed by atoms with Crippen molar-refractivity contribution < 1.29 is 38.0 Å². The van der Waals surface area contributed by atoms with Gasteiger partial charge in [0.25, 0.3) is 0 Å². The Hall–Kier alpha value is -5.46. The lowest BCUT2D eigenvalue weighted by Crippen LogP contribution is -2.34. The van der Waals surface area contributed by atoms with Crippen LogP contribution in [0.1, 0.15) is 88.2 Å². The number of unbranched alkanes of at least 4 members (excludes halogenated alkanes) is 6. The smallest absolute Gasteiger partial charge is 0.330 e. The number of nitrogens with zero attached hydrogens (tertiary/aromatic N) is 4. The van der Waals surface area contributed by atoms with Crippen molar-refractivity contribution in [3.8, 4) is 34.3 Å². The lowest BCUT2D eigenvalue weighted by Gasteiger charge is -2.31. The third-order valence-corrected chi connectivity index (χ3v) is 9.69. The van der Waals surface area contributed by atoms with Gasteiger partial charge in [-0.2, -0.15) is 0 Å². The number of rotatable bonds is 26. The van der Waals surface area contributed by atoms with E-state index in [0.29, 0.717) is 62.8 Å². The molecule has 0 aliphatic heterocycles. The molecule has 2 atom stereocenters. The first kappa shape index (κ1) is 43.7. The summed E-state index contributed by atoms with van der Waals surface area (Å²) in [7, 11) is 0. The van der Waals surface area contributed by atoms with E-state index in [1.54, 1.807) is 24.8 Å². The second-order valence-corrected chi connectivity index (χ2v) is 14.1. The molecule has 0 radical (unpaired) electrons. The van der Waals surface area contributed by atoms with Gasteiger partial charge in [-0.1, -0.05) is 74.5 Å². The summed E-state index contributed by atoms with van der Waals surface area (Å²) in [4.78, 5) is 40.1. The maximum absolute atomic E-state index is 11.1. The highest BCUT2D eigenvalue weighted by Crippen LogP contribution is 2.27. The molecule has 12 nitrogen and oxygen atoms in total. The Morgan fingerprint density at radius 3 is 1.26 bits per heavy atom. The summed E-state index contributed by atoms with van der Waals surface area (Å²) in [5, 5.41) is 0. The quantitative estimate of drug-likeness (QED) is 0.0340. The summed E-state index contributed by atoms with van der Waals surface area (Å²) >= 11 is 0. The Balaban J connectivity index is 0.975.